The molecule has 3 N–H and O–H groups in total. The first-order chi connectivity index (χ1) is 10.1. The summed E-state index contributed by atoms with van der Waals surface area (Å²) < 4.78 is 27.1. The van der Waals surface area contributed by atoms with Gasteiger partial charge in [0.25, 0.3) is 0 Å². The van der Waals surface area contributed by atoms with Crippen LogP contribution in [0.4, 0.5) is 20.4 Å². The molecule has 1 rings (SSSR count). The maximum Gasteiger partial charge on any atom is 0.221 e. The van der Waals surface area contributed by atoms with Crippen molar-refractivity contribution in [1.29, 1.82) is 0 Å². The average Bonchev–Trinajstić information content (AvgIpc) is 2.46. The van der Waals surface area contributed by atoms with E-state index in [0.717, 1.165) is 18.9 Å². The Morgan fingerprint density at radius 3 is 2.19 bits per heavy atom. The molecule has 0 spiro atoms. The molecule has 5 nitrogen and oxygen atoms in total. The van der Waals surface area contributed by atoms with E-state index in [1.165, 1.54) is 0 Å². The molecular formula is C14H22F2N4O. The number of amides is 1. The summed E-state index contributed by atoms with van der Waals surface area (Å²) in [6.45, 7) is 5.30. The Hall–Kier alpha value is -1.92. The molecule has 0 saturated heterocycles. The fourth-order valence-electron chi connectivity index (χ4n) is 1.61. The van der Waals surface area contributed by atoms with Crippen molar-refractivity contribution in [1.82, 2.24) is 10.3 Å². The van der Waals surface area contributed by atoms with Crippen LogP contribution in [0.3, 0.4) is 0 Å². The molecule has 21 heavy (non-hydrogen) atoms. The van der Waals surface area contributed by atoms with Crippen LogP contribution in [0, 0.1) is 11.6 Å². The van der Waals surface area contributed by atoms with Gasteiger partial charge in [0.15, 0.2) is 23.3 Å². The Morgan fingerprint density at radius 2 is 1.62 bits per heavy atom. The lowest BCUT2D eigenvalue weighted by Crippen LogP contribution is -2.26. The Labute approximate surface area is 123 Å². The fourth-order valence-corrected chi connectivity index (χ4v) is 1.61. The maximum atomic E-state index is 13.6. The molecule has 0 aromatic carbocycles. The number of aromatic nitrogens is 1. The minimum Gasteiger partial charge on any atom is -0.368 e. The number of carbonyl (C=O) groups is 1. The SMILES string of the molecule is CCCNC(=O)CCNc1nc(NCCC)c(F)cc1F. The number of rotatable bonds is 9. The number of halogens is 2. The molecule has 0 aliphatic heterocycles. The average molecular weight is 300 g/mol. The highest BCUT2D eigenvalue weighted by Gasteiger charge is 2.11. The lowest BCUT2D eigenvalue weighted by molar-refractivity contribution is -0.120. The van der Waals surface area contributed by atoms with E-state index in [4.69, 9.17) is 0 Å². The van der Waals surface area contributed by atoms with Gasteiger partial charge in [-0.3, -0.25) is 4.79 Å². The second-order valence-electron chi connectivity index (χ2n) is 4.60. The first kappa shape index (κ1) is 17.1. The molecule has 0 fully saturated rings. The van der Waals surface area contributed by atoms with Gasteiger partial charge >= 0.3 is 0 Å². The first-order valence-electron chi connectivity index (χ1n) is 7.19. The summed E-state index contributed by atoms with van der Waals surface area (Å²) in [4.78, 5) is 15.3. The van der Waals surface area contributed by atoms with Crippen LogP contribution < -0.4 is 16.0 Å². The van der Waals surface area contributed by atoms with Crippen LogP contribution in [0.2, 0.25) is 0 Å². The van der Waals surface area contributed by atoms with Crippen LogP contribution in [-0.2, 0) is 4.79 Å². The summed E-state index contributed by atoms with van der Waals surface area (Å²) in [6, 6.07) is 0.782. The largest absolute Gasteiger partial charge is 0.368 e. The standard InChI is InChI=1S/C14H22F2N4O/c1-3-6-17-12(21)5-8-19-14-11(16)9-10(15)13(20-14)18-7-4-2/h9H,3-8H2,1-2H3,(H,17,21)(H2,18,19,20). The molecule has 118 valence electrons. The molecular weight excluding hydrogens is 278 g/mol. The normalized spacial score (nSPS) is 10.3. The molecule has 0 saturated carbocycles. The van der Waals surface area contributed by atoms with E-state index in [2.05, 4.69) is 20.9 Å². The summed E-state index contributed by atoms with van der Waals surface area (Å²) in [5.41, 5.74) is 0. The zero-order valence-corrected chi connectivity index (χ0v) is 12.4. The van der Waals surface area contributed by atoms with E-state index < -0.39 is 11.6 Å². The molecule has 1 amide bonds. The molecule has 0 aliphatic rings. The minimum atomic E-state index is -0.775. The lowest BCUT2D eigenvalue weighted by Gasteiger charge is -2.11. The van der Waals surface area contributed by atoms with Crippen molar-refractivity contribution in [3.63, 3.8) is 0 Å². The van der Waals surface area contributed by atoms with Crippen molar-refractivity contribution in [2.75, 3.05) is 30.3 Å². The van der Waals surface area contributed by atoms with Crippen molar-refractivity contribution in [2.24, 2.45) is 0 Å². The van der Waals surface area contributed by atoms with Crippen LogP contribution in [0.1, 0.15) is 33.1 Å². The Bertz CT molecular complexity index is 469. The van der Waals surface area contributed by atoms with Gasteiger partial charge in [0.2, 0.25) is 5.91 Å². The smallest absolute Gasteiger partial charge is 0.221 e. The monoisotopic (exact) mass is 300 g/mol. The summed E-state index contributed by atoms with van der Waals surface area (Å²) in [5, 5.41) is 8.21. The summed E-state index contributed by atoms with van der Waals surface area (Å²) in [7, 11) is 0. The second kappa shape index (κ2) is 9.10. The van der Waals surface area contributed by atoms with E-state index in [1.54, 1.807) is 0 Å². The zero-order chi connectivity index (χ0) is 15.7. The van der Waals surface area contributed by atoms with Gasteiger partial charge in [0, 0.05) is 32.1 Å². The van der Waals surface area contributed by atoms with Crippen molar-refractivity contribution in [2.45, 2.75) is 33.1 Å². The van der Waals surface area contributed by atoms with E-state index in [1.807, 2.05) is 13.8 Å². The molecule has 0 aliphatic carbocycles. The van der Waals surface area contributed by atoms with E-state index in [-0.39, 0.29) is 30.5 Å². The van der Waals surface area contributed by atoms with Crippen LogP contribution in [0.25, 0.3) is 0 Å². The Kier molecular flexibility index (Phi) is 7.42. The minimum absolute atomic E-state index is 0.0104. The van der Waals surface area contributed by atoms with Gasteiger partial charge < -0.3 is 16.0 Å². The first-order valence-corrected chi connectivity index (χ1v) is 7.19. The number of nitrogens with one attached hydrogen (secondary N) is 3. The van der Waals surface area contributed by atoms with Crippen molar-refractivity contribution in [3.05, 3.63) is 17.7 Å². The summed E-state index contributed by atoms with van der Waals surface area (Å²) in [6.07, 6.45) is 1.87. The van der Waals surface area contributed by atoms with Crippen molar-refractivity contribution in [3.8, 4) is 0 Å². The molecule has 1 heterocycles. The van der Waals surface area contributed by atoms with E-state index in [0.29, 0.717) is 13.1 Å². The third-order valence-electron chi connectivity index (χ3n) is 2.69. The predicted molar refractivity (Wildman–Crippen MR) is 79.3 cm³/mol. The number of hydrogen-bond donors (Lipinski definition) is 3. The topological polar surface area (TPSA) is 66.0 Å². The Balaban J connectivity index is 2.55. The molecule has 0 unspecified atom stereocenters. The molecule has 1 aromatic rings. The van der Waals surface area contributed by atoms with Crippen LogP contribution in [-0.4, -0.2) is 30.5 Å². The third kappa shape index (κ3) is 5.93. The number of nitrogens with zero attached hydrogens (tertiary/aromatic N) is 1. The van der Waals surface area contributed by atoms with E-state index in [9.17, 15) is 13.6 Å². The van der Waals surface area contributed by atoms with Crippen molar-refractivity contribution < 1.29 is 13.6 Å². The molecule has 0 radical (unpaired) electrons. The predicted octanol–water partition coefficient (Wildman–Crippen LogP) is 2.51. The van der Waals surface area contributed by atoms with Gasteiger partial charge in [0.1, 0.15) is 0 Å². The molecule has 0 bridgehead atoms. The summed E-state index contributed by atoms with van der Waals surface area (Å²) >= 11 is 0. The van der Waals surface area contributed by atoms with Crippen LogP contribution >= 0.6 is 0 Å². The number of carbonyl (C=O) groups excluding carboxylic acids is 1. The quantitative estimate of drug-likeness (QED) is 0.655. The number of anilines is 2. The molecule has 7 heteroatoms. The van der Waals surface area contributed by atoms with Gasteiger partial charge in [-0.25, -0.2) is 13.8 Å². The van der Waals surface area contributed by atoms with Crippen molar-refractivity contribution >= 4 is 17.5 Å². The van der Waals surface area contributed by atoms with Gasteiger partial charge in [-0.1, -0.05) is 13.8 Å². The highest BCUT2D eigenvalue weighted by atomic mass is 19.1. The van der Waals surface area contributed by atoms with E-state index >= 15 is 0 Å². The van der Waals surface area contributed by atoms with Crippen LogP contribution in [0.5, 0.6) is 0 Å². The van der Waals surface area contributed by atoms with Crippen LogP contribution in [0.15, 0.2) is 6.07 Å². The highest BCUT2D eigenvalue weighted by Crippen LogP contribution is 2.18. The zero-order valence-electron chi connectivity index (χ0n) is 12.4. The van der Waals surface area contributed by atoms with Gasteiger partial charge in [0.05, 0.1) is 0 Å². The number of pyridine rings is 1. The fraction of sp³-hybridized carbons (Fsp3) is 0.571. The third-order valence-corrected chi connectivity index (χ3v) is 2.69. The lowest BCUT2D eigenvalue weighted by atomic mass is 10.3. The number of hydrogen-bond acceptors (Lipinski definition) is 4. The molecule has 1 aromatic heterocycles. The highest BCUT2D eigenvalue weighted by molar-refractivity contribution is 5.76. The van der Waals surface area contributed by atoms with Gasteiger partial charge in [-0.2, -0.15) is 0 Å². The second-order valence-corrected chi connectivity index (χ2v) is 4.60. The van der Waals surface area contributed by atoms with Gasteiger partial charge in [-0.05, 0) is 12.8 Å². The molecule has 0 atom stereocenters. The summed E-state index contributed by atoms with van der Waals surface area (Å²) in [5.74, 6) is -1.67. The maximum absolute atomic E-state index is 13.6. The van der Waals surface area contributed by atoms with Gasteiger partial charge in [-0.15, -0.1) is 0 Å². The Morgan fingerprint density at radius 1 is 1.05 bits per heavy atom.